The van der Waals surface area contributed by atoms with E-state index in [9.17, 15) is 4.79 Å². The molecule has 2 aromatic heterocycles. The van der Waals surface area contributed by atoms with Crippen LogP contribution < -0.4 is 19.9 Å². The molecule has 0 bridgehead atoms. The second-order valence-corrected chi connectivity index (χ2v) is 9.39. The number of carbonyl (C=O) groups excluding carboxylic acids is 1. The van der Waals surface area contributed by atoms with E-state index in [4.69, 9.17) is 4.74 Å². The van der Waals surface area contributed by atoms with E-state index in [1.165, 1.54) is 17.0 Å². The Bertz CT molecular complexity index is 1100. The Labute approximate surface area is 205 Å². The van der Waals surface area contributed by atoms with Crippen LogP contribution in [0.25, 0.3) is 10.2 Å². The molecule has 0 saturated carbocycles. The molecule has 0 unspecified atom stereocenters. The van der Waals surface area contributed by atoms with Gasteiger partial charge in [-0.1, -0.05) is 13.8 Å². The summed E-state index contributed by atoms with van der Waals surface area (Å²) in [5.74, 6) is 1.77. The molecule has 9 heteroatoms. The third-order valence-electron chi connectivity index (χ3n) is 6.54. The third-order valence-corrected chi connectivity index (χ3v) is 7.74. The number of hydrogen-bond donors (Lipinski definition) is 1. The van der Waals surface area contributed by atoms with Crippen molar-refractivity contribution in [1.29, 1.82) is 0 Å². The van der Waals surface area contributed by atoms with Gasteiger partial charge >= 0.3 is 0 Å². The number of nitrogens with zero attached hydrogens (tertiary/aromatic N) is 5. The molecule has 1 aliphatic rings. The standard InChI is InChI=1S/C25H34N6O2S/c1-5-29(6-2)12-11-26-24(32)22-18(3)21-23(27-17-28-25(21)34-22)31-15-13-30(14-16-31)19-7-9-20(33-4)10-8-19/h7-10,17H,5-6,11-16H2,1-4H3,(H,26,32). The van der Waals surface area contributed by atoms with E-state index in [2.05, 4.69) is 56.0 Å². The number of amides is 1. The van der Waals surface area contributed by atoms with Crippen LogP contribution in [0.2, 0.25) is 0 Å². The molecule has 8 nitrogen and oxygen atoms in total. The normalized spacial score (nSPS) is 14.1. The number of thiophene rings is 1. The lowest BCUT2D eigenvalue weighted by Gasteiger charge is -2.37. The molecule has 0 aliphatic carbocycles. The summed E-state index contributed by atoms with van der Waals surface area (Å²) in [5, 5.41) is 4.08. The molecule has 34 heavy (non-hydrogen) atoms. The van der Waals surface area contributed by atoms with Gasteiger partial charge in [0.2, 0.25) is 0 Å². The van der Waals surface area contributed by atoms with Crippen molar-refractivity contribution in [1.82, 2.24) is 20.2 Å². The fourth-order valence-electron chi connectivity index (χ4n) is 4.43. The maximum atomic E-state index is 12.9. The number of carbonyl (C=O) groups is 1. The maximum absolute atomic E-state index is 12.9. The Morgan fingerprint density at radius 3 is 2.41 bits per heavy atom. The number of aromatic nitrogens is 2. The van der Waals surface area contributed by atoms with Gasteiger partial charge in [0.1, 0.15) is 22.7 Å². The highest BCUT2D eigenvalue weighted by atomic mass is 32.1. The van der Waals surface area contributed by atoms with Crippen LogP contribution in [0.3, 0.4) is 0 Å². The van der Waals surface area contributed by atoms with Gasteiger partial charge in [-0.2, -0.15) is 0 Å². The van der Waals surface area contributed by atoms with Crippen LogP contribution in [0.5, 0.6) is 5.75 Å². The number of benzene rings is 1. The second kappa shape index (κ2) is 11.0. The summed E-state index contributed by atoms with van der Waals surface area (Å²) in [5.41, 5.74) is 2.16. The minimum atomic E-state index is -0.0251. The molecule has 182 valence electrons. The highest BCUT2D eigenvalue weighted by molar-refractivity contribution is 7.20. The lowest BCUT2D eigenvalue weighted by Crippen LogP contribution is -2.46. The summed E-state index contributed by atoms with van der Waals surface area (Å²) in [6.07, 6.45) is 1.62. The number of hydrogen-bond acceptors (Lipinski definition) is 8. The molecule has 0 spiro atoms. The maximum Gasteiger partial charge on any atom is 0.261 e. The van der Waals surface area contributed by atoms with Crippen molar-refractivity contribution in [2.45, 2.75) is 20.8 Å². The summed E-state index contributed by atoms with van der Waals surface area (Å²) < 4.78 is 5.27. The first-order valence-corrected chi connectivity index (χ1v) is 12.8. The molecule has 1 saturated heterocycles. The molecule has 3 heterocycles. The fraction of sp³-hybridized carbons (Fsp3) is 0.480. The number of fused-ring (bicyclic) bond motifs is 1. The largest absolute Gasteiger partial charge is 0.497 e. The summed E-state index contributed by atoms with van der Waals surface area (Å²) >= 11 is 1.46. The van der Waals surface area contributed by atoms with Gasteiger partial charge in [0, 0.05) is 45.0 Å². The van der Waals surface area contributed by atoms with E-state index < -0.39 is 0 Å². The first kappa shape index (κ1) is 24.2. The molecule has 1 fully saturated rings. The van der Waals surface area contributed by atoms with E-state index in [0.29, 0.717) is 6.54 Å². The van der Waals surface area contributed by atoms with Crippen molar-refractivity contribution >= 4 is 39.0 Å². The van der Waals surface area contributed by atoms with Gasteiger partial charge in [-0.25, -0.2) is 9.97 Å². The van der Waals surface area contributed by atoms with Crippen LogP contribution in [0.4, 0.5) is 11.5 Å². The van der Waals surface area contributed by atoms with Gasteiger partial charge in [-0.15, -0.1) is 11.3 Å². The van der Waals surface area contributed by atoms with E-state index in [-0.39, 0.29) is 5.91 Å². The van der Waals surface area contributed by atoms with Gasteiger partial charge in [0.05, 0.1) is 17.4 Å². The zero-order valence-electron chi connectivity index (χ0n) is 20.5. The number of ether oxygens (including phenoxy) is 1. The number of likely N-dealkylation sites (N-methyl/N-ethyl adjacent to an activating group) is 1. The molecule has 4 rings (SSSR count). The first-order chi connectivity index (χ1) is 16.5. The number of nitrogens with one attached hydrogen (secondary N) is 1. The van der Waals surface area contributed by atoms with E-state index in [1.807, 2.05) is 19.1 Å². The molecular formula is C25H34N6O2S. The van der Waals surface area contributed by atoms with Crippen molar-refractivity contribution < 1.29 is 9.53 Å². The van der Waals surface area contributed by atoms with Crippen molar-refractivity contribution in [2.75, 3.05) is 69.3 Å². The van der Waals surface area contributed by atoms with Crippen molar-refractivity contribution in [2.24, 2.45) is 0 Å². The van der Waals surface area contributed by atoms with Crippen LogP contribution in [0.15, 0.2) is 30.6 Å². The minimum absolute atomic E-state index is 0.0251. The molecule has 3 aromatic rings. The van der Waals surface area contributed by atoms with Crippen LogP contribution in [-0.4, -0.2) is 80.2 Å². The molecule has 0 radical (unpaired) electrons. The Hall–Kier alpha value is -2.91. The monoisotopic (exact) mass is 482 g/mol. The Balaban J connectivity index is 1.46. The lowest BCUT2D eigenvalue weighted by molar-refractivity contribution is 0.0952. The van der Waals surface area contributed by atoms with Crippen molar-refractivity contribution in [3.63, 3.8) is 0 Å². The van der Waals surface area contributed by atoms with Crippen molar-refractivity contribution in [3.05, 3.63) is 41.0 Å². The number of anilines is 2. The average molecular weight is 483 g/mol. The highest BCUT2D eigenvalue weighted by Gasteiger charge is 2.24. The summed E-state index contributed by atoms with van der Waals surface area (Å²) in [7, 11) is 1.68. The molecule has 1 aliphatic heterocycles. The van der Waals surface area contributed by atoms with E-state index in [1.54, 1.807) is 13.4 Å². The van der Waals surface area contributed by atoms with Gasteiger partial charge in [0.25, 0.3) is 5.91 Å². The second-order valence-electron chi connectivity index (χ2n) is 8.39. The molecule has 1 amide bonds. The third kappa shape index (κ3) is 5.10. The highest BCUT2D eigenvalue weighted by Crippen LogP contribution is 2.35. The predicted molar refractivity (Wildman–Crippen MR) is 140 cm³/mol. The topological polar surface area (TPSA) is 73.8 Å². The summed E-state index contributed by atoms with van der Waals surface area (Å²) in [6.45, 7) is 13.3. The fourth-order valence-corrected chi connectivity index (χ4v) is 5.49. The average Bonchev–Trinajstić information content (AvgIpc) is 3.23. The van der Waals surface area contributed by atoms with Crippen LogP contribution in [-0.2, 0) is 0 Å². The number of aryl methyl sites for hydroxylation is 1. The molecule has 0 atom stereocenters. The predicted octanol–water partition coefficient (Wildman–Crippen LogP) is 3.41. The Kier molecular flexibility index (Phi) is 7.84. The summed E-state index contributed by atoms with van der Waals surface area (Å²) in [6, 6.07) is 8.20. The SMILES string of the molecule is CCN(CC)CCNC(=O)c1sc2ncnc(N3CCN(c4ccc(OC)cc4)CC3)c2c1C. The number of piperazine rings is 1. The van der Waals surface area contributed by atoms with Gasteiger partial charge in [-0.05, 0) is 49.8 Å². The van der Waals surface area contributed by atoms with Crippen LogP contribution in [0, 0.1) is 6.92 Å². The summed E-state index contributed by atoms with van der Waals surface area (Å²) in [4.78, 5) is 30.6. The molecule has 1 N–H and O–H groups in total. The first-order valence-electron chi connectivity index (χ1n) is 11.9. The Morgan fingerprint density at radius 2 is 1.76 bits per heavy atom. The van der Waals surface area contributed by atoms with Gasteiger partial charge in [0.15, 0.2) is 0 Å². The van der Waals surface area contributed by atoms with E-state index >= 15 is 0 Å². The number of rotatable bonds is 9. The van der Waals surface area contributed by atoms with Crippen LogP contribution in [0.1, 0.15) is 29.1 Å². The smallest absolute Gasteiger partial charge is 0.261 e. The number of methoxy groups -OCH3 is 1. The van der Waals surface area contributed by atoms with Crippen molar-refractivity contribution in [3.8, 4) is 5.75 Å². The molecule has 1 aromatic carbocycles. The quantitative estimate of drug-likeness (QED) is 0.501. The Morgan fingerprint density at radius 1 is 1.09 bits per heavy atom. The molecular weight excluding hydrogens is 448 g/mol. The minimum Gasteiger partial charge on any atom is -0.497 e. The van der Waals surface area contributed by atoms with E-state index in [0.717, 1.165) is 78.0 Å². The van der Waals surface area contributed by atoms with Gasteiger partial charge < -0.3 is 24.8 Å². The van der Waals surface area contributed by atoms with Crippen LogP contribution >= 0.6 is 11.3 Å². The lowest BCUT2D eigenvalue weighted by atomic mass is 10.1. The van der Waals surface area contributed by atoms with Gasteiger partial charge in [-0.3, -0.25) is 4.79 Å². The zero-order chi connectivity index (χ0) is 24.1. The zero-order valence-corrected chi connectivity index (χ0v) is 21.3.